The van der Waals surface area contributed by atoms with Gasteiger partial charge in [0, 0.05) is 12.5 Å². The molecule has 0 aliphatic rings. The van der Waals surface area contributed by atoms with Gasteiger partial charge < -0.3 is 15.7 Å². The summed E-state index contributed by atoms with van der Waals surface area (Å²) in [7, 11) is 0. The summed E-state index contributed by atoms with van der Waals surface area (Å²) < 4.78 is 39.0. The first-order chi connectivity index (χ1) is 13.2. The van der Waals surface area contributed by atoms with Crippen LogP contribution in [0, 0.1) is 0 Å². The number of aliphatic carboxylic acids is 1. The number of para-hydroxylation sites is 1. The number of anilines is 1. The molecule has 2 aromatic carbocycles. The minimum atomic E-state index is -4.59. The van der Waals surface area contributed by atoms with Gasteiger partial charge >= 0.3 is 12.1 Å². The van der Waals surface area contributed by atoms with Crippen LogP contribution < -0.4 is 10.6 Å². The SMILES string of the molecule is CC(CC(=O)Nc1ccccc1C(F)(F)F)N[C@@H](Cc1ccccc1)C(=O)O. The number of amides is 1. The van der Waals surface area contributed by atoms with Gasteiger partial charge in [0.1, 0.15) is 6.04 Å². The Balaban J connectivity index is 1.97. The number of carboxylic acids is 1. The highest BCUT2D eigenvalue weighted by Gasteiger charge is 2.33. The third kappa shape index (κ3) is 6.38. The first-order valence-electron chi connectivity index (χ1n) is 8.65. The van der Waals surface area contributed by atoms with Crippen molar-refractivity contribution in [1.29, 1.82) is 0 Å². The lowest BCUT2D eigenvalue weighted by Crippen LogP contribution is -2.44. The fourth-order valence-electron chi connectivity index (χ4n) is 2.79. The Morgan fingerprint density at radius 1 is 1.04 bits per heavy atom. The number of rotatable bonds is 8. The van der Waals surface area contributed by atoms with E-state index in [0.29, 0.717) is 0 Å². The van der Waals surface area contributed by atoms with Gasteiger partial charge in [-0.15, -0.1) is 0 Å². The van der Waals surface area contributed by atoms with Crippen molar-refractivity contribution in [3.05, 3.63) is 65.7 Å². The quantitative estimate of drug-likeness (QED) is 0.638. The van der Waals surface area contributed by atoms with Crippen LogP contribution in [0.4, 0.5) is 18.9 Å². The van der Waals surface area contributed by atoms with Crippen LogP contribution in [-0.4, -0.2) is 29.1 Å². The van der Waals surface area contributed by atoms with Crippen molar-refractivity contribution in [3.63, 3.8) is 0 Å². The van der Waals surface area contributed by atoms with Crippen molar-refractivity contribution in [3.8, 4) is 0 Å². The molecule has 0 bridgehead atoms. The second kappa shape index (κ2) is 9.36. The van der Waals surface area contributed by atoms with Crippen molar-refractivity contribution in [2.24, 2.45) is 0 Å². The van der Waals surface area contributed by atoms with Crippen LogP contribution in [0.1, 0.15) is 24.5 Å². The number of nitrogens with one attached hydrogen (secondary N) is 2. The second-order valence-electron chi connectivity index (χ2n) is 6.44. The van der Waals surface area contributed by atoms with Crippen molar-refractivity contribution in [2.75, 3.05) is 5.32 Å². The lowest BCUT2D eigenvalue weighted by molar-refractivity contribution is -0.140. The molecule has 5 nitrogen and oxygen atoms in total. The number of carboxylic acid groups (broad SMARTS) is 1. The van der Waals surface area contributed by atoms with Gasteiger partial charge in [-0.2, -0.15) is 13.2 Å². The van der Waals surface area contributed by atoms with Gasteiger partial charge in [-0.25, -0.2) is 0 Å². The first kappa shape index (κ1) is 21.4. The number of hydrogen-bond donors (Lipinski definition) is 3. The van der Waals surface area contributed by atoms with Gasteiger partial charge in [0.05, 0.1) is 11.3 Å². The lowest BCUT2D eigenvalue weighted by atomic mass is 10.0. The molecule has 0 fully saturated rings. The molecule has 8 heteroatoms. The summed E-state index contributed by atoms with van der Waals surface area (Å²) in [5, 5.41) is 14.5. The van der Waals surface area contributed by atoms with Crippen molar-refractivity contribution in [2.45, 2.75) is 38.0 Å². The largest absolute Gasteiger partial charge is 0.480 e. The molecule has 28 heavy (non-hydrogen) atoms. The summed E-state index contributed by atoms with van der Waals surface area (Å²) in [6, 6.07) is 12.2. The second-order valence-corrected chi connectivity index (χ2v) is 6.44. The maximum absolute atomic E-state index is 13.0. The zero-order valence-corrected chi connectivity index (χ0v) is 15.2. The molecular weight excluding hydrogens is 373 g/mol. The number of benzene rings is 2. The molecule has 0 aliphatic heterocycles. The zero-order chi connectivity index (χ0) is 20.7. The highest BCUT2D eigenvalue weighted by atomic mass is 19.4. The van der Waals surface area contributed by atoms with E-state index in [1.165, 1.54) is 18.2 Å². The van der Waals surface area contributed by atoms with E-state index in [1.54, 1.807) is 31.2 Å². The fraction of sp³-hybridized carbons (Fsp3) is 0.300. The molecule has 1 unspecified atom stereocenters. The van der Waals surface area contributed by atoms with Crippen LogP contribution in [0.15, 0.2) is 54.6 Å². The summed E-state index contributed by atoms with van der Waals surface area (Å²) >= 11 is 0. The molecule has 2 aromatic rings. The summed E-state index contributed by atoms with van der Waals surface area (Å²) in [5.74, 6) is -1.71. The molecule has 0 saturated carbocycles. The lowest BCUT2D eigenvalue weighted by Gasteiger charge is -2.20. The van der Waals surface area contributed by atoms with Gasteiger partial charge in [0.15, 0.2) is 0 Å². The number of halogens is 3. The molecule has 0 radical (unpaired) electrons. The van der Waals surface area contributed by atoms with Gasteiger partial charge in [0.25, 0.3) is 0 Å². The normalized spacial score (nSPS) is 13.6. The highest BCUT2D eigenvalue weighted by molar-refractivity contribution is 5.92. The van der Waals surface area contributed by atoms with Crippen LogP contribution in [-0.2, 0) is 22.2 Å². The van der Waals surface area contributed by atoms with Crippen molar-refractivity contribution >= 4 is 17.6 Å². The Bertz CT molecular complexity index is 810. The molecule has 2 atom stereocenters. The zero-order valence-electron chi connectivity index (χ0n) is 15.2. The minimum Gasteiger partial charge on any atom is -0.480 e. The third-order valence-electron chi connectivity index (χ3n) is 4.06. The summed E-state index contributed by atoms with van der Waals surface area (Å²) in [6.07, 6.45) is -4.54. The van der Waals surface area contributed by atoms with Gasteiger partial charge in [0.2, 0.25) is 5.91 Å². The molecule has 0 aliphatic carbocycles. The van der Waals surface area contributed by atoms with Crippen LogP contribution in [0.3, 0.4) is 0 Å². The predicted octanol–water partition coefficient (Wildman–Crippen LogP) is 3.71. The van der Waals surface area contributed by atoms with Crippen LogP contribution in [0.2, 0.25) is 0 Å². The molecule has 0 spiro atoms. The van der Waals surface area contributed by atoms with E-state index >= 15 is 0 Å². The number of hydrogen-bond acceptors (Lipinski definition) is 3. The first-order valence-corrected chi connectivity index (χ1v) is 8.65. The Morgan fingerprint density at radius 2 is 1.64 bits per heavy atom. The molecule has 3 N–H and O–H groups in total. The van der Waals surface area contributed by atoms with E-state index in [4.69, 9.17) is 0 Å². The van der Waals surface area contributed by atoms with Crippen LogP contribution in [0.25, 0.3) is 0 Å². The maximum atomic E-state index is 13.0. The van der Waals surface area contributed by atoms with E-state index in [-0.39, 0.29) is 18.5 Å². The smallest absolute Gasteiger partial charge is 0.418 e. The average Bonchev–Trinajstić information content (AvgIpc) is 2.61. The maximum Gasteiger partial charge on any atom is 0.418 e. The number of alkyl halides is 3. The van der Waals surface area contributed by atoms with Crippen molar-refractivity contribution < 1.29 is 27.9 Å². The fourth-order valence-corrected chi connectivity index (χ4v) is 2.79. The molecule has 2 rings (SSSR count). The van der Waals surface area contributed by atoms with Crippen LogP contribution in [0.5, 0.6) is 0 Å². The Hall–Kier alpha value is -2.87. The van der Waals surface area contributed by atoms with Crippen LogP contribution >= 0.6 is 0 Å². The van der Waals surface area contributed by atoms with Crippen molar-refractivity contribution in [1.82, 2.24) is 5.32 Å². The summed E-state index contributed by atoms with van der Waals surface area (Å²) in [6.45, 7) is 1.61. The number of carbonyl (C=O) groups is 2. The average molecular weight is 394 g/mol. The Labute approximate surface area is 160 Å². The summed E-state index contributed by atoms with van der Waals surface area (Å²) in [5.41, 5.74) is -0.444. The topological polar surface area (TPSA) is 78.4 Å². The van der Waals surface area contributed by atoms with Gasteiger partial charge in [-0.05, 0) is 31.0 Å². The third-order valence-corrected chi connectivity index (χ3v) is 4.06. The minimum absolute atomic E-state index is 0.176. The van der Waals surface area contributed by atoms with E-state index in [2.05, 4.69) is 10.6 Å². The van der Waals surface area contributed by atoms with E-state index in [9.17, 15) is 27.9 Å². The molecule has 0 heterocycles. The Morgan fingerprint density at radius 3 is 2.25 bits per heavy atom. The van der Waals surface area contributed by atoms with E-state index in [0.717, 1.165) is 11.6 Å². The summed E-state index contributed by atoms with van der Waals surface area (Å²) in [4.78, 5) is 23.6. The molecule has 150 valence electrons. The van der Waals surface area contributed by atoms with E-state index in [1.807, 2.05) is 6.07 Å². The molecule has 0 aromatic heterocycles. The highest BCUT2D eigenvalue weighted by Crippen LogP contribution is 2.34. The van der Waals surface area contributed by atoms with E-state index < -0.39 is 35.7 Å². The predicted molar refractivity (Wildman–Crippen MR) is 98.9 cm³/mol. The standard InChI is InChI=1S/C20H21F3N2O3/c1-13(24-17(19(27)28)12-14-7-3-2-4-8-14)11-18(26)25-16-10-6-5-9-15(16)20(21,22)23/h2-10,13,17,24H,11-12H2,1H3,(H,25,26)(H,27,28)/t13?,17-/m0/s1. The monoisotopic (exact) mass is 394 g/mol. The Kier molecular flexibility index (Phi) is 7.17. The van der Waals surface area contributed by atoms with Gasteiger partial charge in [-0.3, -0.25) is 9.59 Å². The molecular formula is C20H21F3N2O3. The van der Waals surface area contributed by atoms with Gasteiger partial charge in [-0.1, -0.05) is 42.5 Å². The molecule has 1 amide bonds. The molecule has 0 saturated heterocycles. The number of carbonyl (C=O) groups excluding carboxylic acids is 1.